The molecule has 0 radical (unpaired) electrons. The summed E-state index contributed by atoms with van der Waals surface area (Å²) in [6.07, 6.45) is 3.87. The van der Waals surface area contributed by atoms with Crippen molar-refractivity contribution >= 4 is 162 Å². The van der Waals surface area contributed by atoms with Crippen LogP contribution in [0.3, 0.4) is 0 Å². The summed E-state index contributed by atoms with van der Waals surface area (Å²) in [5, 5.41) is 48.7. The van der Waals surface area contributed by atoms with Gasteiger partial charge in [0.05, 0.1) is 63.6 Å². The second kappa shape index (κ2) is 26.1. The third-order valence-corrected chi connectivity index (χ3v) is 19.9. The molecule has 33 nitrogen and oxygen atoms in total. The van der Waals surface area contributed by atoms with Crippen LogP contribution >= 0.6 is 23.1 Å². The molecular formula is C48H47N11O22S8. The third kappa shape index (κ3) is 16.3. The van der Waals surface area contributed by atoms with Crippen LogP contribution in [0, 0.1) is 25.2 Å². The van der Waals surface area contributed by atoms with Crippen LogP contribution in [0.25, 0.3) is 32.7 Å². The molecule has 1 aliphatic carbocycles. The van der Waals surface area contributed by atoms with E-state index in [1.807, 2.05) is 6.08 Å². The molecule has 7 aromatic rings. The number of thioether (sulfide) groups is 1. The van der Waals surface area contributed by atoms with E-state index in [4.69, 9.17) is 9.47 Å². The number of azo groups is 3. The number of nitrogens with one attached hydrogen (secondary N) is 1. The van der Waals surface area contributed by atoms with Crippen LogP contribution in [0.1, 0.15) is 60.7 Å². The van der Waals surface area contributed by atoms with Crippen molar-refractivity contribution in [3.63, 3.8) is 0 Å². The van der Waals surface area contributed by atoms with Gasteiger partial charge in [0.2, 0.25) is 16.9 Å². The van der Waals surface area contributed by atoms with Crippen LogP contribution in [0.2, 0.25) is 0 Å². The van der Waals surface area contributed by atoms with E-state index in [0.29, 0.717) is 47.7 Å². The van der Waals surface area contributed by atoms with Crippen molar-refractivity contribution < 1.29 is 97.2 Å². The van der Waals surface area contributed by atoms with E-state index in [1.165, 1.54) is 49.4 Å². The number of pyridine rings is 1. The molecule has 3 heterocycles. The maximum atomic E-state index is 12.9. The summed E-state index contributed by atoms with van der Waals surface area (Å²) < 4.78 is 217. The molecule has 0 aliphatic heterocycles. The van der Waals surface area contributed by atoms with Crippen molar-refractivity contribution in [2.75, 3.05) is 41.5 Å². The van der Waals surface area contributed by atoms with Gasteiger partial charge in [0.25, 0.3) is 60.7 Å². The second-order valence-corrected chi connectivity index (χ2v) is 30.1. The van der Waals surface area contributed by atoms with Gasteiger partial charge in [-0.05, 0) is 93.7 Å². The smallest absolute Gasteiger partial charge is 0.299 e. The lowest BCUT2D eigenvalue weighted by Gasteiger charge is -2.16. The molecule has 0 bridgehead atoms. The molecule has 41 heteroatoms. The van der Waals surface area contributed by atoms with Gasteiger partial charge < -0.3 is 19.9 Å². The Morgan fingerprint density at radius 2 is 1.33 bits per heavy atom. The van der Waals surface area contributed by atoms with Crippen LogP contribution in [0.4, 0.5) is 39.3 Å². The average molecular weight is 1390 g/mol. The van der Waals surface area contributed by atoms with Crippen molar-refractivity contribution in [3.05, 3.63) is 70.6 Å². The van der Waals surface area contributed by atoms with Gasteiger partial charge >= 0.3 is 0 Å². The SMILES string of the molecule is CC(=O)Nc1cc(N=Nc2c(C)c(C#N)c3nc4c(n3c2O)C=CCC4)c(OCCCS(=O)(=O)O)cc1N=Nc1cc(C)c(N=Nc2nc3c(S(=O)(=O)O)cc4c(OCCCS(=O)(=O)O)c(S(=O)(=O)O)c(S(=O)(=O)O)cc4c3s2)cc1SCCCS(=O)(=O)O. The van der Waals surface area contributed by atoms with Crippen molar-refractivity contribution in [3.8, 4) is 23.4 Å². The fraction of sp³-hybridized carbons (Fsp3) is 0.292. The lowest BCUT2D eigenvalue weighted by Crippen LogP contribution is -2.14. The van der Waals surface area contributed by atoms with Gasteiger partial charge in [0, 0.05) is 34.2 Å². The van der Waals surface area contributed by atoms with E-state index >= 15 is 0 Å². The molecule has 0 atom stereocenters. The zero-order valence-corrected chi connectivity index (χ0v) is 52.4. The number of fused-ring (bicyclic) bond motifs is 6. The first-order valence-corrected chi connectivity index (χ1v) is 36.2. The number of hydrogen-bond donors (Lipinski definition) is 8. The second-order valence-electron chi connectivity index (χ2n) is 19.1. The number of ether oxygens (including phenoxy) is 2. The zero-order chi connectivity index (χ0) is 65.3. The highest BCUT2D eigenvalue weighted by molar-refractivity contribution is 7.99. The van der Waals surface area contributed by atoms with Crippen molar-refractivity contribution in [2.24, 2.45) is 30.7 Å². The molecule has 4 aromatic carbocycles. The lowest BCUT2D eigenvalue weighted by molar-refractivity contribution is -0.114. The monoisotopic (exact) mass is 1390 g/mol. The first-order valence-electron chi connectivity index (χ1n) is 25.2. The average Bonchev–Trinajstić information content (AvgIpc) is 1.75. The molecule has 0 spiro atoms. The predicted octanol–water partition coefficient (Wildman–Crippen LogP) is 8.88. The molecular weight excluding hydrogens is 1340 g/mol. The number of nitriles is 1. The van der Waals surface area contributed by atoms with Gasteiger partial charge in [-0.25, -0.2) is 9.97 Å². The Hall–Kier alpha value is -7.57. The minimum atomic E-state index is -5.73. The van der Waals surface area contributed by atoms with Gasteiger partial charge in [-0.1, -0.05) is 17.4 Å². The number of amides is 1. The molecule has 0 fully saturated rings. The number of carbonyl (C=O) groups excluding carboxylic acids is 1. The standard InChI is InChI=1S/C48H47N11O22S8/c1-24-17-35(56-54-33-21-37(80-11-6-14-84(62,63)64)34(20-32(33)50-26(3)60)55-57-41-25(2)29(23-49)46-51-30-9-4-5-10-36(30)59(46)47(41)61)38(82-13-8-16-86(68,69)70)22-31(24)53-58-48-52-42-39(87(71,72)73)18-27-28(44(42)83-48)19-40(88(74,75)76)45(89(77,78)79)43(27)81-12-7-15-85(65,66)67/h5,10,17-22,61H,4,6-9,11-16H2,1-3H3,(H,50,60)(H,62,63,64)(H,65,66,67)(H,68,69,70)(H,71,72,73)(H,74,75,76)(H,77,78,79). The predicted molar refractivity (Wildman–Crippen MR) is 319 cm³/mol. The maximum Gasteiger partial charge on any atom is 0.299 e. The van der Waals surface area contributed by atoms with Crippen molar-refractivity contribution in [1.29, 1.82) is 5.26 Å². The molecule has 0 saturated carbocycles. The highest BCUT2D eigenvalue weighted by Crippen LogP contribution is 2.48. The number of allylic oxidation sites excluding steroid dienone is 1. The number of imidazole rings is 1. The quantitative estimate of drug-likeness (QED) is 0.0114. The number of rotatable bonds is 25. The first kappa shape index (κ1) is 67.4. The molecule has 474 valence electrons. The molecule has 3 aromatic heterocycles. The number of aromatic nitrogens is 3. The van der Waals surface area contributed by atoms with Gasteiger partial charge in [-0.15, -0.1) is 42.4 Å². The number of anilines is 1. The van der Waals surface area contributed by atoms with E-state index in [1.54, 1.807) is 6.08 Å². The summed E-state index contributed by atoms with van der Waals surface area (Å²) in [5.41, 5.74) is 0.854. The van der Waals surface area contributed by atoms with Crippen LogP contribution in [0.5, 0.6) is 17.4 Å². The van der Waals surface area contributed by atoms with E-state index in [2.05, 4.69) is 52.0 Å². The topological polar surface area (TPSA) is 522 Å². The summed E-state index contributed by atoms with van der Waals surface area (Å²) in [4.78, 5) is 17.5. The molecule has 1 amide bonds. The summed E-state index contributed by atoms with van der Waals surface area (Å²) >= 11 is 1.45. The maximum absolute atomic E-state index is 12.9. The highest BCUT2D eigenvalue weighted by Gasteiger charge is 2.34. The molecule has 8 N–H and O–H groups in total. The Labute approximate surface area is 513 Å². The van der Waals surface area contributed by atoms with Gasteiger partial charge in [-0.2, -0.15) is 55.8 Å². The molecule has 0 unspecified atom stereocenters. The number of hydrogen-bond acceptors (Lipinski definition) is 27. The van der Waals surface area contributed by atoms with Gasteiger partial charge in [-0.3, -0.25) is 36.5 Å². The number of aryl methyl sites for hydroxylation is 2. The first-order chi connectivity index (χ1) is 41.4. The summed E-state index contributed by atoms with van der Waals surface area (Å²) in [7, 11) is -30.2. The third-order valence-electron chi connectivity index (χ3n) is 12.6. The molecule has 1 aliphatic rings. The van der Waals surface area contributed by atoms with E-state index < -0.39 is 145 Å². The number of aromatic hydroxyl groups is 1. The number of thiazole rings is 1. The van der Waals surface area contributed by atoms with Crippen LogP contribution < -0.4 is 14.8 Å². The summed E-state index contributed by atoms with van der Waals surface area (Å²) in [6, 6.07) is 8.52. The fourth-order valence-corrected chi connectivity index (χ4v) is 14.9. The molecule has 0 saturated heterocycles. The van der Waals surface area contributed by atoms with Crippen molar-refractivity contribution in [2.45, 2.75) is 72.5 Å². The summed E-state index contributed by atoms with van der Waals surface area (Å²) in [6.45, 7) is 3.00. The van der Waals surface area contributed by atoms with Crippen LogP contribution in [-0.2, 0) is 71.9 Å². The highest BCUT2D eigenvalue weighted by atomic mass is 32.2. The van der Waals surface area contributed by atoms with Crippen LogP contribution in [-0.4, -0.2) is 139 Å². The number of carbonyl (C=O) groups is 1. The lowest BCUT2D eigenvalue weighted by atomic mass is 10.1. The zero-order valence-electron chi connectivity index (χ0n) is 45.9. The minimum Gasteiger partial charge on any atom is -0.493 e. The molecule has 89 heavy (non-hydrogen) atoms. The van der Waals surface area contributed by atoms with E-state index in [9.17, 15) is 93.0 Å². The van der Waals surface area contributed by atoms with Crippen LogP contribution in [0.15, 0.2) is 92.7 Å². The molecule has 8 rings (SSSR count). The minimum absolute atomic E-state index is 0.00136. The van der Waals surface area contributed by atoms with Crippen molar-refractivity contribution in [1.82, 2.24) is 14.4 Å². The Morgan fingerprint density at radius 3 is 1.94 bits per heavy atom. The number of nitrogens with zero attached hydrogens (tertiary/aromatic N) is 10. The largest absolute Gasteiger partial charge is 0.493 e. The number of benzene rings is 4. The normalized spacial score (nSPS) is 13.6. The summed E-state index contributed by atoms with van der Waals surface area (Å²) in [5.74, 6) is -4.69. The Morgan fingerprint density at radius 1 is 0.719 bits per heavy atom. The van der Waals surface area contributed by atoms with Gasteiger partial charge in [0.1, 0.15) is 49.8 Å². The van der Waals surface area contributed by atoms with Gasteiger partial charge in [0.15, 0.2) is 16.2 Å². The Balaban J connectivity index is 1.23. The Kier molecular flexibility index (Phi) is 19.8. The Bertz CT molecular complexity index is 4990. The van der Waals surface area contributed by atoms with E-state index in [0.717, 1.165) is 11.8 Å². The fourth-order valence-electron chi connectivity index (χ4n) is 8.74. The van der Waals surface area contributed by atoms with E-state index in [-0.39, 0.29) is 97.0 Å².